The summed E-state index contributed by atoms with van der Waals surface area (Å²) in [5.74, 6) is -0.615. The van der Waals surface area contributed by atoms with Crippen molar-refractivity contribution in [1.82, 2.24) is 0 Å². The number of aliphatic hydroxyl groups is 2. The smallest absolute Gasteiger partial charge is 0.0953 e. The molecule has 0 radical (unpaired) electrons. The van der Waals surface area contributed by atoms with Gasteiger partial charge in [0.15, 0.2) is 0 Å². The van der Waals surface area contributed by atoms with Crippen LogP contribution in [0, 0.1) is 5.92 Å². The number of rotatable bonds is 3. The number of phosphoric ester groups is 1. The van der Waals surface area contributed by atoms with Crippen LogP contribution in [0.3, 0.4) is 0 Å². The normalized spacial score (nSPS) is 38.9. The zero-order valence-electron chi connectivity index (χ0n) is 7.28. The fourth-order valence-corrected chi connectivity index (χ4v) is 1.89. The third-order valence-electron chi connectivity index (χ3n) is 2.29. The Hall–Kier alpha value is -0.0100. The Morgan fingerprint density at radius 1 is 1.43 bits per heavy atom. The van der Waals surface area contributed by atoms with Crippen molar-refractivity contribution in [3.8, 4) is 0 Å². The second-order valence-corrected chi connectivity index (χ2v) is 4.54. The van der Waals surface area contributed by atoms with Crippen LogP contribution in [0.15, 0.2) is 0 Å². The Morgan fingerprint density at radius 2 is 2.00 bits per heavy atom. The van der Waals surface area contributed by atoms with Crippen LogP contribution in [0.5, 0.6) is 0 Å². The summed E-state index contributed by atoms with van der Waals surface area (Å²) in [6, 6.07) is -0.615. The van der Waals surface area contributed by atoms with Crippen LogP contribution in [0.1, 0.15) is 6.42 Å². The fraction of sp³-hybridized carbons (Fsp3) is 1.00. The number of aliphatic hydroxyl groups excluding tert-OH is 2. The Morgan fingerprint density at radius 3 is 2.36 bits per heavy atom. The Balaban J connectivity index is 2.44. The van der Waals surface area contributed by atoms with Crippen LogP contribution in [0.4, 0.5) is 0 Å². The van der Waals surface area contributed by atoms with Crippen LogP contribution in [-0.4, -0.2) is 35.1 Å². The summed E-state index contributed by atoms with van der Waals surface area (Å²) < 4.78 is 14.1. The zero-order valence-corrected chi connectivity index (χ0v) is 8.17. The van der Waals surface area contributed by atoms with Crippen molar-refractivity contribution in [2.75, 3.05) is 6.61 Å². The van der Waals surface area contributed by atoms with E-state index >= 15 is 0 Å². The van der Waals surface area contributed by atoms with E-state index in [1.165, 1.54) is 0 Å². The fourth-order valence-electron chi connectivity index (χ4n) is 1.51. The zero-order chi connectivity index (χ0) is 10.9. The lowest BCUT2D eigenvalue weighted by molar-refractivity contribution is -0.342. The summed E-state index contributed by atoms with van der Waals surface area (Å²) in [4.78, 5) is 20.3. The highest BCUT2D eigenvalue weighted by Crippen LogP contribution is 2.31. The number of hydrogen-bond acceptors (Lipinski definition) is 7. The van der Waals surface area contributed by atoms with Crippen molar-refractivity contribution >= 4 is 7.82 Å². The van der Waals surface area contributed by atoms with Gasteiger partial charge in [-0.25, -0.2) is 0 Å². The third kappa shape index (κ3) is 2.99. The molecule has 0 heterocycles. The highest BCUT2D eigenvalue weighted by Gasteiger charge is 2.39. The number of hydrogen-bond donors (Lipinski definition) is 3. The molecule has 4 N–H and O–H groups in total. The first kappa shape index (κ1) is 12.1. The van der Waals surface area contributed by atoms with E-state index in [9.17, 15) is 24.6 Å². The van der Waals surface area contributed by atoms with E-state index in [-0.39, 0.29) is 6.42 Å². The summed E-state index contributed by atoms with van der Waals surface area (Å²) in [5, 5.41) is 18.5. The molecule has 0 saturated heterocycles. The SMILES string of the molecule is N[C@@H]1C[C@H](COP(=O)([O-])[O-])[C@@H](O)[C@H]1O. The van der Waals surface area contributed by atoms with Crippen molar-refractivity contribution in [1.29, 1.82) is 0 Å². The predicted molar refractivity (Wildman–Crippen MR) is 41.7 cm³/mol. The quantitative estimate of drug-likeness (QED) is 0.432. The molecule has 1 aliphatic carbocycles. The van der Waals surface area contributed by atoms with Gasteiger partial charge in [-0.15, -0.1) is 0 Å². The van der Waals surface area contributed by atoms with Gasteiger partial charge >= 0.3 is 0 Å². The average molecular weight is 225 g/mol. The van der Waals surface area contributed by atoms with Crippen LogP contribution >= 0.6 is 7.82 Å². The van der Waals surface area contributed by atoms with Crippen molar-refractivity contribution in [3.05, 3.63) is 0 Å². The molecule has 0 aliphatic heterocycles. The molecule has 7 nitrogen and oxygen atoms in total. The van der Waals surface area contributed by atoms with Gasteiger partial charge in [0.2, 0.25) is 0 Å². The maximum Gasteiger partial charge on any atom is 0.0953 e. The van der Waals surface area contributed by atoms with Gasteiger partial charge in [0, 0.05) is 12.0 Å². The molecule has 0 bridgehead atoms. The summed E-state index contributed by atoms with van der Waals surface area (Å²) in [6.07, 6.45) is -2.01. The summed E-state index contributed by atoms with van der Waals surface area (Å²) in [7, 11) is -5.02. The molecule has 14 heavy (non-hydrogen) atoms. The number of nitrogens with two attached hydrogens (primary N) is 1. The Kier molecular flexibility index (Phi) is 3.65. The van der Waals surface area contributed by atoms with Crippen molar-refractivity contribution in [3.63, 3.8) is 0 Å². The maximum atomic E-state index is 10.1. The van der Waals surface area contributed by atoms with E-state index in [4.69, 9.17) is 5.73 Å². The first-order valence-electron chi connectivity index (χ1n) is 4.09. The molecular formula is C6H12NO6P-2. The van der Waals surface area contributed by atoms with Crippen molar-refractivity contribution in [2.24, 2.45) is 11.7 Å². The molecule has 0 unspecified atom stereocenters. The highest BCUT2D eigenvalue weighted by atomic mass is 31.2. The molecular weight excluding hydrogens is 213 g/mol. The standard InChI is InChI=1S/C6H14NO6P/c7-4-1-3(5(8)6(4)9)2-13-14(10,11)12/h3-6,8-9H,1-2,7H2,(H2,10,11,12)/p-2/t3-,4-,5-,6+/m1/s1. The van der Waals surface area contributed by atoms with Gasteiger partial charge in [0.25, 0.3) is 0 Å². The predicted octanol–water partition coefficient (Wildman–Crippen LogP) is -3.10. The Bertz CT molecular complexity index is 242. The molecule has 0 amide bonds. The van der Waals surface area contributed by atoms with E-state index in [0.717, 1.165) is 0 Å². The minimum atomic E-state index is -5.02. The molecule has 4 atom stereocenters. The van der Waals surface area contributed by atoms with Crippen molar-refractivity contribution in [2.45, 2.75) is 24.7 Å². The minimum Gasteiger partial charge on any atom is -0.790 e. The molecule has 0 spiro atoms. The molecule has 0 aromatic heterocycles. The minimum absolute atomic E-state index is 0.225. The van der Waals surface area contributed by atoms with Crippen LogP contribution in [-0.2, 0) is 9.09 Å². The first-order valence-corrected chi connectivity index (χ1v) is 5.55. The lowest BCUT2D eigenvalue weighted by Crippen LogP contribution is -2.36. The molecule has 0 aromatic carbocycles. The van der Waals surface area contributed by atoms with Gasteiger partial charge in [0.05, 0.1) is 26.6 Å². The van der Waals surface area contributed by atoms with Gasteiger partial charge in [-0.05, 0) is 6.42 Å². The number of phosphoric acid groups is 1. The lowest BCUT2D eigenvalue weighted by Gasteiger charge is -2.30. The average Bonchev–Trinajstić information content (AvgIpc) is 2.28. The molecule has 1 fully saturated rings. The molecule has 84 valence electrons. The van der Waals surface area contributed by atoms with Gasteiger partial charge in [-0.2, -0.15) is 0 Å². The monoisotopic (exact) mass is 225 g/mol. The summed E-state index contributed by atoms with van der Waals surface area (Å²) in [5.41, 5.74) is 5.41. The summed E-state index contributed by atoms with van der Waals surface area (Å²) in [6.45, 7) is -0.434. The first-order chi connectivity index (χ1) is 6.31. The Labute approximate surface area is 80.7 Å². The molecule has 8 heteroatoms. The van der Waals surface area contributed by atoms with Crippen LogP contribution in [0.2, 0.25) is 0 Å². The highest BCUT2D eigenvalue weighted by molar-refractivity contribution is 7.43. The van der Waals surface area contributed by atoms with Gasteiger partial charge in [0.1, 0.15) is 0 Å². The van der Waals surface area contributed by atoms with Gasteiger partial charge in [-0.1, -0.05) is 0 Å². The second kappa shape index (κ2) is 4.24. The second-order valence-electron chi connectivity index (χ2n) is 3.38. The molecule has 0 aromatic rings. The summed E-state index contributed by atoms with van der Waals surface area (Å²) >= 11 is 0. The van der Waals surface area contributed by atoms with Crippen LogP contribution in [0.25, 0.3) is 0 Å². The van der Waals surface area contributed by atoms with E-state index in [1.807, 2.05) is 0 Å². The van der Waals surface area contributed by atoms with Crippen LogP contribution < -0.4 is 15.5 Å². The molecule has 1 rings (SSSR count). The van der Waals surface area contributed by atoms with E-state index in [1.54, 1.807) is 0 Å². The van der Waals surface area contributed by atoms with Crippen molar-refractivity contribution < 1.29 is 29.1 Å². The van der Waals surface area contributed by atoms with E-state index in [0.29, 0.717) is 0 Å². The van der Waals surface area contributed by atoms with E-state index < -0.39 is 38.6 Å². The van der Waals surface area contributed by atoms with Gasteiger partial charge < -0.3 is 34.8 Å². The third-order valence-corrected chi connectivity index (χ3v) is 2.76. The molecule has 1 saturated carbocycles. The van der Waals surface area contributed by atoms with Gasteiger partial charge in [-0.3, -0.25) is 0 Å². The maximum absolute atomic E-state index is 10.1. The largest absolute Gasteiger partial charge is 0.790 e. The topological polar surface area (TPSA) is 139 Å². The lowest BCUT2D eigenvalue weighted by atomic mass is 10.1. The molecule has 1 aliphatic rings. The van der Waals surface area contributed by atoms with E-state index in [2.05, 4.69) is 4.52 Å².